The fraction of sp³-hybridized carbons (Fsp3) is 0.600. The molecule has 0 bridgehead atoms. The van der Waals surface area contributed by atoms with E-state index in [4.69, 9.17) is 19.2 Å². The number of carbonyl (C=O) groups is 1. The largest absolute Gasteiger partial charge is 0.486 e. The number of ether oxygens (including phenoxy) is 3. The van der Waals surface area contributed by atoms with Crippen LogP contribution in [0.4, 0.5) is 22.0 Å². The summed E-state index contributed by atoms with van der Waals surface area (Å²) in [6.45, 7) is 15.2. The Labute approximate surface area is 231 Å². The molecular formula is C30H41N5O4. The van der Waals surface area contributed by atoms with Crippen molar-refractivity contribution >= 4 is 23.3 Å². The molecule has 210 valence electrons. The molecule has 39 heavy (non-hydrogen) atoms. The fourth-order valence-electron chi connectivity index (χ4n) is 6.19. The van der Waals surface area contributed by atoms with Gasteiger partial charge in [0.2, 0.25) is 0 Å². The predicted molar refractivity (Wildman–Crippen MR) is 151 cm³/mol. The van der Waals surface area contributed by atoms with Crippen molar-refractivity contribution < 1.29 is 19.0 Å². The molecule has 9 heteroatoms. The first-order valence-corrected chi connectivity index (χ1v) is 14.3. The number of aromatic nitrogens is 1. The Balaban J connectivity index is 1.11. The molecule has 6 rings (SSSR count). The highest BCUT2D eigenvalue weighted by molar-refractivity contribution is 5.74. The van der Waals surface area contributed by atoms with Crippen LogP contribution in [0.5, 0.6) is 5.75 Å². The average molecular weight is 536 g/mol. The summed E-state index contributed by atoms with van der Waals surface area (Å²) >= 11 is 0. The van der Waals surface area contributed by atoms with Crippen LogP contribution in [0.15, 0.2) is 24.4 Å². The van der Waals surface area contributed by atoms with Gasteiger partial charge in [-0.2, -0.15) is 0 Å². The van der Waals surface area contributed by atoms with Crippen LogP contribution in [-0.4, -0.2) is 85.0 Å². The second kappa shape index (κ2) is 10.5. The third-order valence-electron chi connectivity index (χ3n) is 8.33. The number of carbonyl (C=O) groups excluding carboxylic acids is 1. The van der Waals surface area contributed by atoms with E-state index in [1.54, 1.807) is 0 Å². The quantitative estimate of drug-likeness (QED) is 0.608. The first-order valence-electron chi connectivity index (χ1n) is 14.3. The molecule has 3 saturated heterocycles. The lowest BCUT2D eigenvalue weighted by atomic mass is 9.87. The number of hydrogen-bond donors (Lipinski definition) is 1. The highest BCUT2D eigenvalue weighted by atomic mass is 16.6. The minimum Gasteiger partial charge on any atom is -0.486 e. The van der Waals surface area contributed by atoms with Crippen LogP contribution in [0.1, 0.15) is 56.2 Å². The summed E-state index contributed by atoms with van der Waals surface area (Å²) in [5, 5.41) is 3.63. The van der Waals surface area contributed by atoms with Crippen molar-refractivity contribution in [2.24, 2.45) is 0 Å². The van der Waals surface area contributed by atoms with Gasteiger partial charge >= 0.3 is 6.09 Å². The summed E-state index contributed by atoms with van der Waals surface area (Å²) in [5.41, 5.74) is 5.35. The monoisotopic (exact) mass is 535 g/mol. The molecule has 2 aromatic rings. The van der Waals surface area contributed by atoms with Crippen molar-refractivity contribution in [3.63, 3.8) is 0 Å². The Morgan fingerprint density at radius 1 is 1.10 bits per heavy atom. The Morgan fingerprint density at radius 3 is 2.56 bits per heavy atom. The molecule has 4 aliphatic rings. The molecule has 1 aromatic carbocycles. The minimum atomic E-state index is -0.449. The number of pyridine rings is 1. The van der Waals surface area contributed by atoms with E-state index in [-0.39, 0.29) is 6.09 Å². The number of piperidine rings is 1. The first-order chi connectivity index (χ1) is 18.7. The SMILES string of the molecule is Cc1cc(C2CCN(C3CN(C(=O)OC(C)(C)C)C3)CC2)cc2c1OCc1c(N3CCOCC3)ccnc1N2. The Hall–Kier alpha value is -3.04. The molecule has 1 aromatic heterocycles. The van der Waals surface area contributed by atoms with Gasteiger partial charge < -0.3 is 29.3 Å². The highest BCUT2D eigenvalue weighted by Gasteiger charge is 2.38. The van der Waals surface area contributed by atoms with Crippen molar-refractivity contribution in [1.82, 2.24) is 14.8 Å². The predicted octanol–water partition coefficient (Wildman–Crippen LogP) is 4.66. The summed E-state index contributed by atoms with van der Waals surface area (Å²) in [4.78, 5) is 23.7. The minimum absolute atomic E-state index is 0.197. The van der Waals surface area contributed by atoms with E-state index >= 15 is 0 Å². The molecule has 9 nitrogen and oxygen atoms in total. The van der Waals surface area contributed by atoms with E-state index < -0.39 is 5.60 Å². The van der Waals surface area contributed by atoms with Gasteiger partial charge in [0.15, 0.2) is 0 Å². The summed E-state index contributed by atoms with van der Waals surface area (Å²) < 4.78 is 17.5. The van der Waals surface area contributed by atoms with E-state index in [1.165, 1.54) is 11.3 Å². The average Bonchev–Trinajstić information content (AvgIpc) is 3.07. The van der Waals surface area contributed by atoms with Gasteiger partial charge in [-0.05, 0) is 82.8 Å². The number of nitrogens with zero attached hydrogens (tertiary/aromatic N) is 4. The zero-order chi connectivity index (χ0) is 27.1. The molecule has 0 radical (unpaired) electrons. The second-order valence-electron chi connectivity index (χ2n) is 12.2. The summed E-state index contributed by atoms with van der Waals surface area (Å²) in [7, 11) is 0. The van der Waals surface area contributed by atoms with Gasteiger partial charge in [-0.25, -0.2) is 9.78 Å². The molecule has 0 atom stereocenters. The van der Waals surface area contributed by atoms with Crippen molar-refractivity contribution in [2.45, 2.75) is 64.7 Å². The van der Waals surface area contributed by atoms with Crippen LogP contribution in [0.2, 0.25) is 0 Å². The molecule has 0 spiro atoms. The number of morpholine rings is 1. The van der Waals surface area contributed by atoms with Crippen molar-refractivity contribution in [1.29, 1.82) is 0 Å². The first kappa shape index (κ1) is 26.2. The number of rotatable bonds is 3. The number of amides is 1. The van der Waals surface area contributed by atoms with E-state index in [2.05, 4.69) is 40.2 Å². The zero-order valence-corrected chi connectivity index (χ0v) is 23.7. The number of fused-ring (bicyclic) bond motifs is 2. The number of likely N-dealkylation sites (tertiary alicyclic amines) is 2. The molecule has 3 fully saturated rings. The van der Waals surface area contributed by atoms with E-state index in [9.17, 15) is 4.79 Å². The van der Waals surface area contributed by atoms with Crippen LogP contribution < -0.4 is 15.0 Å². The lowest BCUT2D eigenvalue weighted by molar-refractivity contribution is -0.0196. The number of anilines is 3. The lowest BCUT2D eigenvalue weighted by Crippen LogP contribution is -2.62. The lowest BCUT2D eigenvalue weighted by Gasteiger charge is -2.47. The Morgan fingerprint density at radius 2 is 1.85 bits per heavy atom. The Bertz CT molecular complexity index is 1210. The number of hydrogen-bond acceptors (Lipinski definition) is 8. The molecule has 5 heterocycles. The van der Waals surface area contributed by atoms with Crippen molar-refractivity contribution in [3.8, 4) is 5.75 Å². The van der Waals surface area contributed by atoms with E-state index in [1.807, 2.05) is 31.9 Å². The summed E-state index contributed by atoms with van der Waals surface area (Å²) in [5.74, 6) is 2.30. The maximum absolute atomic E-state index is 12.3. The number of nitrogens with one attached hydrogen (secondary N) is 1. The van der Waals surface area contributed by atoms with Crippen molar-refractivity contribution in [2.75, 3.05) is 62.7 Å². The summed E-state index contributed by atoms with van der Waals surface area (Å²) in [6.07, 6.45) is 3.91. The van der Waals surface area contributed by atoms with Crippen LogP contribution >= 0.6 is 0 Å². The van der Waals surface area contributed by atoms with Crippen LogP contribution in [0.25, 0.3) is 0 Å². The molecular weight excluding hydrogens is 494 g/mol. The third kappa shape index (κ3) is 5.52. The zero-order valence-electron chi connectivity index (χ0n) is 23.7. The fourth-order valence-corrected chi connectivity index (χ4v) is 6.19. The molecule has 0 aliphatic carbocycles. The van der Waals surface area contributed by atoms with Gasteiger partial charge in [0.25, 0.3) is 0 Å². The van der Waals surface area contributed by atoms with Crippen LogP contribution in [0.3, 0.4) is 0 Å². The summed E-state index contributed by atoms with van der Waals surface area (Å²) in [6, 6.07) is 7.10. The Kier molecular flexibility index (Phi) is 7.05. The maximum atomic E-state index is 12.3. The van der Waals surface area contributed by atoms with Gasteiger partial charge in [0.1, 0.15) is 23.8 Å². The van der Waals surface area contributed by atoms with Crippen molar-refractivity contribution in [3.05, 3.63) is 41.1 Å². The normalized spacial score (nSPS) is 20.7. The molecule has 1 amide bonds. The standard InChI is InChI=1S/C30H41N5O4/c1-20-15-22(21-6-9-33(10-7-21)23-17-35(18-23)29(36)39-30(2,3)4)16-25-27(20)38-19-24-26(5-8-31-28(24)32-25)34-11-13-37-14-12-34/h5,8,15-16,21,23H,6-7,9-14,17-19H2,1-4H3,(H,31,32). The topological polar surface area (TPSA) is 79.4 Å². The van der Waals surface area contributed by atoms with E-state index in [0.717, 1.165) is 93.7 Å². The molecule has 4 aliphatic heterocycles. The van der Waals surface area contributed by atoms with Gasteiger partial charge in [-0.3, -0.25) is 4.90 Å². The number of benzene rings is 1. The van der Waals surface area contributed by atoms with Gasteiger partial charge in [-0.1, -0.05) is 6.07 Å². The maximum Gasteiger partial charge on any atom is 0.410 e. The van der Waals surface area contributed by atoms with E-state index in [0.29, 0.717) is 18.6 Å². The molecule has 1 N–H and O–H groups in total. The van der Waals surface area contributed by atoms with Gasteiger partial charge in [0, 0.05) is 44.1 Å². The molecule has 0 saturated carbocycles. The molecule has 0 unspecified atom stereocenters. The second-order valence-corrected chi connectivity index (χ2v) is 12.2. The smallest absolute Gasteiger partial charge is 0.410 e. The van der Waals surface area contributed by atoms with Crippen LogP contribution in [0, 0.1) is 6.92 Å². The van der Waals surface area contributed by atoms with Crippen LogP contribution in [-0.2, 0) is 16.1 Å². The highest BCUT2D eigenvalue weighted by Crippen LogP contribution is 2.42. The van der Waals surface area contributed by atoms with Gasteiger partial charge in [-0.15, -0.1) is 0 Å². The van der Waals surface area contributed by atoms with Gasteiger partial charge in [0.05, 0.1) is 24.5 Å². The third-order valence-corrected chi connectivity index (χ3v) is 8.33. The number of aryl methyl sites for hydroxylation is 1.